The smallest absolute Gasteiger partial charge is 0.304 e. The van der Waals surface area contributed by atoms with Crippen molar-refractivity contribution in [1.82, 2.24) is 0 Å². The minimum absolute atomic E-state index is 0.0321. The van der Waals surface area contributed by atoms with E-state index < -0.39 is 16.8 Å². The second kappa shape index (κ2) is 5.63. The van der Waals surface area contributed by atoms with E-state index in [2.05, 4.69) is 15.9 Å². The lowest BCUT2D eigenvalue weighted by Gasteiger charge is -1.98. The molecule has 0 amide bonds. The lowest BCUT2D eigenvalue weighted by Crippen LogP contribution is -2.05. The minimum atomic E-state index is -1.08. The maximum atomic E-state index is 11.4. The zero-order valence-electron chi connectivity index (χ0n) is 7.23. The minimum Gasteiger partial charge on any atom is -0.481 e. The summed E-state index contributed by atoms with van der Waals surface area (Å²) in [6.45, 7) is 0. The maximum Gasteiger partial charge on any atom is 0.304 e. The Morgan fingerprint density at radius 1 is 1.64 bits per heavy atom. The number of hydrogen-bond donors (Lipinski definition) is 1. The molecule has 0 saturated heterocycles. The van der Waals surface area contributed by atoms with Gasteiger partial charge in [0.15, 0.2) is 0 Å². The number of aliphatic carboxylic acids is 1. The lowest BCUT2D eigenvalue weighted by molar-refractivity contribution is -0.136. The van der Waals surface area contributed by atoms with Gasteiger partial charge in [0, 0.05) is 25.9 Å². The van der Waals surface area contributed by atoms with E-state index in [1.165, 1.54) is 11.3 Å². The molecule has 0 spiro atoms. The Hall–Kier alpha value is -0.200. The van der Waals surface area contributed by atoms with E-state index in [4.69, 9.17) is 5.11 Å². The number of rotatable bonds is 5. The van der Waals surface area contributed by atoms with Gasteiger partial charge in [0.25, 0.3) is 0 Å². The van der Waals surface area contributed by atoms with Crippen LogP contribution in [0.5, 0.6) is 0 Å². The van der Waals surface area contributed by atoms with Gasteiger partial charge in [0.1, 0.15) is 0 Å². The number of carboxylic acid groups (broad SMARTS) is 1. The number of thiophene rings is 1. The number of carboxylic acids is 1. The van der Waals surface area contributed by atoms with Gasteiger partial charge in [-0.25, -0.2) is 0 Å². The fourth-order valence-electron chi connectivity index (χ4n) is 0.848. The molecule has 78 valence electrons. The van der Waals surface area contributed by atoms with Crippen LogP contribution in [0.4, 0.5) is 0 Å². The Bertz CT molecular complexity index is 348. The molecule has 14 heavy (non-hydrogen) atoms. The zero-order chi connectivity index (χ0) is 10.6. The van der Waals surface area contributed by atoms with Crippen molar-refractivity contribution in [3.8, 4) is 0 Å². The topological polar surface area (TPSA) is 54.4 Å². The van der Waals surface area contributed by atoms with E-state index in [1.54, 1.807) is 0 Å². The van der Waals surface area contributed by atoms with E-state index in [0.717, 1.165) is 9.35 Å². The van der Waals surface area contributed by atoms with Gasteiger partial charge < -0.3 is 5.11 Å². The summed E-state index contributed by atoms with van der Waals surface area (Å²) in [5, 5.41) is 10.3. The second-order valence-corrected chi connectivity index (χ2v) is 6.06. The van der Waals surface area contributed by atoms with E-state index in [9.17, 15) is 9.00 Å². The van der Waals surface area contributed by atoms with Crippen LogP contribution in [0.25, 0.3) is 0 Å². The van der Waals surface area contributed by atoms with Crippen molar-refractivity contribution in [2.75, 3.05) is 5.75 Å². The van der Waals surface area contributed by atoms with E-state index in [-0.39, 0.29) is 12.2 Å². The van der Waals surface area contributed by atoms with Crippen molar-refractivity contribution in [3.05, 3.63) is 20.8 Å². The molecule has 1 N–H and O–H groups in total. The second-order valence-electron chi connectivity index (χ2n) is 2.62. The Balaban J connectivity index is 2.42. The molecule has 0 aromatic carbocycles. The van der Waals surface area contributed by atoms with Crippen molar-refractivity contribution in [2.45, 2.75) is 12.2 Å². The number of carbonyl (C=O) groups is 1. The van der Waals surface area contributed by atoms with Gasteiger partial charge >= 0.3 is 5.97 Å². The van der Waals surface area contributed by atoms with Crippen LogP contribution in [0, 0.1) is 0 Å². The molecule has 6 heteroatoms. The summed E-state index contributed by atoms with van der Waals surface area (Å²) in [5.74, 6) is -0.242. The average molecular weight is 297 g/mol. The first-order valence-electron chi connectivity index (χ1n) is 3.88. The fourth-order valence-corrected chi connectivity index (χ4v) is 3.97. The highest BCUT2D eigenvalue weighted by Crippen LogP contribution is 2.23. The molecule has 0 fully saturated rings. The van der Waals surface area contributed by atoms with Crippen molar-refractivity contribution in [2.24, 2.45) is 0 Å². The van der Waals surface area contributed by atoms with E-state index >= 15 is 0 Å². The highest BCUT2D eigenvalue weighted by atomic mass is 79.9. The summed E-state index contributed by atoms with van der Waals surface area (Å²) in [5.41, 5.74) is 0. The van der Waals surface area contributed by atoms with Crippen LogP contribution < -0.4 is 0 Å². The van der Waals surface area contributed by atoms with Gasteiger partial charge in [-0.15, -0.1) is 11.3 Å². The quantitative estimate of drug-likeness (QED) is 0.906. The Labute approximate surface area is 96.7 Å². The predicted octanol–water partition coefficient (Wildman–Crippen LogP) is 2.23. The predicted molar refractivity (Wildman–Crippen MR) is 61.0 cm³/mol. The molecular weight excluding hydrogens is 288 g/mol. The van der Waals surface area contributed by atoms with Gasteiger partial charge in [0.05, 0.1) is 12.2 Å². The monoisotopic (exact) mass is 296 g/mol. The van der Waals surface area contributed by atoms with Gasteiger partial charge in [-0.1, -0.05) is 0 Å². The summed E-state index contributed by atoms with van der Waals surface area (Å²) < 4.78 is 12.4. The summed E-state index contributed by atoms with van der Waals surface area (Å²) in [6, 6.07) is 1.90. The van der Waals surface area contributed by atoms with Gasteiger partial charge in [0.2, 0.25) is 0 Å². The molecule has 1 rings (SSSR count). The van der Waals surface area contributed by atoms with Gasteiger partial charge in [-0.3, -0.25) is 9.00 Å². The molecule has 1 aromatic heterocycles. The molecule has 0 aliphatic heterocycles. The van der Waals surface area contributed by atoms with E-state index in [1.807, 2.05) is 11.4 Å². The highest BCUT2D eigenvalue weighted by Gasteiger charge is 2.08. The largest absolute Gasteiger partial charge is 0.481 e. The first-order chi connectivity index (χ1) is 6.59. The average Bonchev–Trinajstić information content (AvgIpc) is 2.49. The molecule has 3 nitrogen and oxygen atoms in total. The van der Waals surface area contributed by atoms with Crippen LogP contribution >= 0.6 is 27.3 Å². The Morgan fingerprint density at radius 2 is 2.36 bits per heavy atom. The van der Waals surface area contributed by atoms with Crippen LogP contribution in [0.2, 0.25) is 0 Å². The van der Waals surface area contributed by atoms with Crippen LogP contribution in [-0.2, 0) is 21.3 Å². The number of halogens is 1. The van der Waals surface area contributed by atoms with Crippen LogP contribution in [0.15, 0.2) is 15.9 Å². The molecule has 1 unspecified atom stereocenters. The van der Waals surface area contributed by atoms with E-state index in [0.29, 0.717) is 5.75 Å². The van der Waals surface area contributed by atoms with Crippen molar-refractivity contribution >= 4 is 44.0 Å². The van der Waals surface area contributed by atoms with Crippen LogP contribution in [0.1, 0.15) is 11.3 Å². The maximum absolute atomic E-state index is 11.4. The fraction of sp³-hybridized carbons (Fsp3) is 0.375. The Morgan fingerprint density at radius 3 is 2.86 bits per heavy atom. The molecule has 1 heterocycles. The van der Waals surface area contributed by atoms with Gasteiger partial charge in [-0.2, -0.15) is 0 Å². The standard InChI is InChI=1S/C8H9BrO3S2/c9-6-1-3-13-7(6)5-14(12)4-2-8(10)11/h1,3H,2,4-5H2,(H,10,11). The van der Waals surface area contributed by atoms with Crippen molar-refractivity contribution < 1.29 is 14.1 Å². The van der Waals surface area contributed by atoms with Crippen LogP contribution in [-0.4, -0.2) is 21.0 Å². The molecule has 0 radical (unpaired) electrons. The van der Waals surface area contributed by atoms with Gasteiger partial charge in [-0.05, 0) is 27.4 Å². The molecular formula is C8H9BrO3S2. The molecule has 1 atom stereocenters. The summed E-state index contributed by atoms with van der Waals surface area (Å²) in [4.78, 5) is 11.2. The van der Waals surface area contributed by atoms with Crippen molar-refractivity contribution in [3.63, 3.8) is 0 Å². The molecule has 0 aliphatic carbocycles. The van der Waals surface area contributed by atoms with Crippen molar-refractivity contribution in [1.29, 1.82) is 0 Å². The summed E-state index contributed by atoms with van der Waals surface area (Å²) in [7, 11) is -1.08. The highest BCUT2D eigenvalue weighted by molar-refractivity contribution is 9.10. The normalized spacial score (nSPS) is 12.6. The SMILES string of the molecule is O=C(O)CCS(=O)Cc1sccc1Br. The third kappa shape index (κ3) is 3.89. The first-order valence-corrected chi connectivity index (χ1v) is 7.04. The third-order valence-corrected chi connectivity index (χ3v) is 4.91. The number of hydrogen-bond acceptors (Lipinski definition) is 3. The third-order valence-electron chi connectivity index (χ3n) is 1.53. The first kappa shape index (κ1) is 11.9. The molecule has 1 aromatic rings. The summed E-state index contributed by atoms with van der Waals surface area (Å²) >= 11 is 4.86. The lowest BCUT2D eigenvalue weighted by atomic mass is 10.5. The molecule has 0 bridgehead atoms. The van der Waals surface area contributed by atoms with Crippen LogP contribution in [0.3, 0.4) is 0 Å². The molecule has 0 aliphatic rings. The Kier molecular flexibility index (Phi) is 4.77. The summed E-state index contributed by atoms with van der Waals surface area (Å²) in [6.07, 6.45) is -0.0321. The zero-order valence-corrected chi connectivity index (χ0v) is 10.5. The molecule has 0 saturated carbocycles.